The Morgan fingerprint density at radius 1 is 1.41 bits per heavy atom. The molecule has 0 saturated heterocycles. The second-order valence-corrected chi connectivity index (χ2v) is 4.84. The van der Waals surface area contributed by atoms with Gasteiger partial charge in [-0.05, 0) is 32.9 Å². The number of fused-ring (bicyclic) bond motifs is 1. The van der Waals surface area contributed by atoms with Gasteiger partial charge in [0.05, 0.1) is 10.9 Å². The summed E-state index contributed by atoms with van der Waals surface area (Å²) in [4.78, 5) is 11.9. The molecule has 0 fully saturated rings. The van der Waals surface area contributed by atoms with Gasteiger partial charge >= 0.3 is 5.97 Å². The van der Waals surface area contributed by atoms with Gasteiger partial charge in [0.2, 0.25) is 0 Å². The molecule has 0 aliphatic heterocycles. The van der Waals surface area contributed by atoms with Crippen molar-refractivity contribution >= 4 is 22.6 Å². The fraction of sp³-hybridized carbons (Fsp3) is 0.333. The second kappa shape index (κ2) is 3.76. The number of rotatable bonds is 1. The van der Waals surface area contributed by atoms with Crippen LogP contribution in [0.15, 0.2) is 18.2 Å². The van der Waals surface area contributed by atoms with Crippen LogP contribution in [0.2, 0.25) is 0 Å². The van der Waals surface area contributed by atoms with Gasteiger partial charge in [0.1, 0.15) is 5.60 Å². The number of nitrogens with zero attached hydrogens (tertiary/aromatic N) is 1. The summed E-state index contributed by atoms with van der Waals surface area (Å²) >= 11 is 0. The first kappa shape index (κ1) is 11.4. The van der Waals surface area contributed by atoms with E-state index in [-0.39, 0.29) is 5.69 Å². The number of nitrogens with two attached hydrogens (primary N) is 1. The van der Waals surface area contributed by atoms with Crippen LogP contribution in [0.5, 0.6) is 0 Å². The SMILES string of the molecule is CC(C)(C)OC(=O)c1n[nH]c2cccc(N)c12. The van der Waals surface area contributed by atoms with Gasteiger partial charge < -0.3 is 10.5 Å². The van der Waals surface area contributed by atoms with Crippen molar-refractivity contribution in [1.82, 2.24) is 10.2 Å². The average molecular weight is 233 g/mol. The second-order valence-electron chi connectivity index (χ2n) is 4.84. The Labute approximate surface area is 98.9 Å². The number of ether oxygens (including phenoxy) is 1. The van der Waals surface area contributed by atoms with E-state index in [1.54, 1.807) is 12.1 Å². The summed E-state index contributed by atoms with van der Waals surface area (Å²) < 4.78 is 5.27. The molecule has 17 heavy (non-hydrogen) atoms. The number of aromatic nitrogens is 2. The van der Waals surface area contributed by atoms with Crippen LogP contribution in [0.3, 0.4) is 0 Å². The molecule has 0 unspecified atom stereocenters. The van der Waals surface area contributed by atoms with Gasteiger partial charge in [-0.2, -0.15) is 5.10 Å². The number of hydrogen-bond acceptors (Lipinski definition) is 4. The minimum absolute atomic E-state index is 0.230. The van der Waals surface area contributed by atoms with Crippen molar-refractivity contribution in [2.45, 2.75) is 26.4 Å². The molecule has 0 atom stereocenters. The smallest absolute Gasteiger partial charge is 0.360 e. The Hall–Kier alpha value is -2.04. The molecule has 0 amide bonds. The van der Waals surface area contributed by atoms with Crippen molar-refractivity contribution in [3.05, 3.63) is 23.9 Å². The Kier molecular flexibility index (Phi) is 2.53. The number of aromatic amines is 1. The maximum Gasteiger partial charge on any atom is 0.360 e. The van der Waals surface area contributed by atoms with E-state index in [0.29, 0.717) is 11.1 Å². The van der Waals surface area contributed by atoms with E-state index in [1.807, 2.05) is 26.8 Å². The molecule has 3 N–H and O–H groups in total. The number of H-pyrrole nitrogens is 1. The first-order valence-electron chi connectivity index (χ1n) is 5.34. The van der Waals surface area contributed by atoms with E-state index >= 15 is 0 Å². The highest BCUT2D eigenvalue weighted by Gasteiger charge is 2.22. The summed E-state index contributed by atoms with van der Waals surface area (Å²) in [6.45, 7) is 5.43. The van der Waals surface area contributed by atoms with Crippen LogP contribution >= 0.6 is 0 Å². The largest absolute Gasteiger partial charge is 0.455 e. The zero-order valence-electron chi connectivity index (χ0n) is 10.1. The summed E-state index contributed by atoms with van der Waals surface area (Å²) in [5, 5.41) is 7.34. The Morgan fingerprint density at radius 3 is 2.76 bits per heavy atom. The van der Waals surface area contributed by atoms with Gasteiger partial charge in [-0.1, -0.05) is 6.07 Å². The molecule has 0 radical (unpaired) electrons. The van der Waals surface area contributed by atoms with E-state index in [4.69, 9.17) is 10.5 Å². The van der Waals surface area contributed by atoms with E-state index in [9.17, 15) is 4.79 Å². The van der Waals surface area contributed by atoms with Crippen LogP contribution in [0, 0.1) is 0 Å². The third kappa shape index (κ3) is 2.22. The quantitative estimate of drug-likeness (QED) is 0.583. The highest BCUT2D eigenvalue weighted by molar-refractivity contribution is 6.06. The fourth-order valence-corrected chi connectivity index (χ4v) is 1.57. The molecular weight excluding hydrogens is 218 g/mol. The highest BCUT2D eigenvalue weighted by atomic mass is 16.6. The van der Waals surface area contributed by atoms with Gasteiger partial charge in [0.15, 0.2) is 5.69 Å². The van der Waals surface area contributed by atoms with Crippen molar-refractivity contribution in [2.75, 3.05) is 5.73 Å². The molecule has 1 heterocycles. The number of esters is 1. The van der Waals surface area contributed by atoms with Crippen LogP contribution < -0.4 is 5.73 Å². The predicted octanol–water partition coefficient (Wildman–Crippen LogP) is 2.10. The van der Waals surface area contributed by atoms with Crippen LogP contribution in [-0.4, -0.2) is 21.8 Å². The third-order valence-corrected chi connectivity index (χ3v) is 2.21. The monoisotopic (exact) mass is 233 g/mol. The van der Waals surface area contributed by atoms with Gasteiger partial charge in [0, 0.05) is 5.69 Å². The number of nitrogen functional groups attached to an aromatic ring is 1. The molecule has 0 bridgehead atoms. The van der Waals surface area contributed by atoms with E-state index in [2.05, 4.69) is 10.2 Å². The molecule has 0 spiro atoms. The van der Waals surface area contributed by atoms with Crippen molar-refractivity contribution < 1.29 is 9.53 Å². The van der Waals surface area contributed by atoms with Crippen molar-refractivity contribution in [3.8, 4) is 0 Å². The number of anilines is 1. The predicted molar refractivity (Wildman–Crippen MR) is 65.7 cm³/mol. The van der Waals surface area contributed by atoms with Gasteiger partial charge in [-0.15, -0.1) is 0 Å². The molecule has 5 nitrogen and oxygen atoms in total. The minimum Gasteiger partial charge on any atom is -0.455 e. The molecule has 5 heteroatoms. The van der Waals surface area contributed by atoms with Crippen LogP contribution in [0.1, 0.15) is 31.3 Å². The first-order chi connectivity index (χ1) is 7.88. The maximum absolute atomic E-state index is 11.9. The lowest BCUT2D eigenvalue weighted by atomic mass is 10.1. The standard InChI is InChI=1S/C12H15N3O2/c1-12(2,3)17-11(16)10-9-7(13)5-4-6-8(9)14-15-10/h4-6H,13H2,1-3H3,(H,14,15). The normalized spacial score (nSPS) is 11.7. The Balaban J connectivity index is 2.46. The first-order valence-corrected chi connectivity index (χ1v) is 5.34. The van der Waals surface area contributed by atoms with E-state index < -0.39 is 11.6 Å². The minimum atomic E-state index is -0.550. The Morgan fingerprint density at radius 2 is 2.12 bits per heavy atom. The highest BCUT2D eigenvalue weighted by Crippen LogP contribution is 2.24. The van der Waals surface area contributed by atoms with E-state index in [1.165, 1.54) is 0 Å². The molecule has 2 aromatic rings. The van der Waals surface area contributed by atoms with E-state index in [0.717, 1.165) is 5.52 Å². The van der Waals surface area contributed by atoms with Gasteiger partial charge in [-0.25, -0.2) is 4.79 Å². The van der Waals surface area contributed by atoms with Gasteiger partial charge in [0.25, 0.3) is 0 Å². The zero-order valence-corrected chi connectivity index (χ0v) is 10.1. The molecule has 0 saturated carbocycles. The number of benzene rings is 1. The molecule has 1 aromatic heterocycles. The van der Waals surface area contributed by atoms with Crippen LogP contribution in [-0.2, 0) is 4.74 Å². The number of carbonyl (C=O) groups excluding carboxylic acids is 1. The molecular formula is C12H15N3O2. The summed E-state index contributed by atoms with van der Waals surface area (Å²) in [5.41, 5.74) is 6.75. The molecule has 2 rings (SSSR count). The summed E-state index contributed by atoms with van der Waals surface area (Å²) in [6.07, 6.45) is 0. The van der Waals surface area contributed by atoms with Crippen LogP contribution in [0.4, 0.5) is 5.69 Å². The molecule has 0 aliphatic rings. The zero-order chi connectivity index (χ0) is 12.6. The lowest BCUT2D eigenvalue weighted by molar-refractivity contribution is 0.00651. The fourth-order valence-electron chi connectivity index (χ4n) is 1.57. The maximum atomic E-state index is 11.9. The lowest BCUT2D eigenvalue weighted by Crippen LogP contribution is -2.24. The third-order valence-electron chi connectivity index (χ3n) is 2.21. The summed E-state index contributed by atoms with van der Waals surface area (Å²) in [6, 6.07) is 5.34. The average Bonchev–Trinajstić information content (AvgIpc) is 2.60. The molecule has 0 aliphatic carbocycles. The van der Waals surface area contributed by atoms with Crippen molar-refractivity contribution in [3.63, 3.8) is 0 Å². The van der Waals surface area contributed by atoms with Gasteiger partial charge in [-0.3, -0.25) is 5.10 Å². The number of hydrogen-bond donors (Lipinski definition) is 2. The Bertz CT molecular complexity index is 567. The number of nitrogens with one attached hydrogen (secondary N) is 1. The summed E-state index contributed by atoms with van der Waals surface area (Å²) in [5.74, 6) is -0.471. The van der Waals surface area contributed by atoms with Crippen molar-refractivity contribution in [2.24, 2.45) is 0 Å². The summed E-state index contributed by atoms with van der Waals surface area (Å²) in [7, 11) is 0. The van der Waals surface area contributed by atoms with Crippen LogP contribution in [0.25, 0.3) is 10.9 Å². The topological polar surface area (TPSA) is 81.0 Å². The lowest BCUT2D eigenvalue weighted by Gasteiger charge is -2.18. The molecule has 1 aromatic carbocycles. The molecule has 90 valence electrons. The van der Waals surface area contributed by atoms with Crippen molar-refractivity contribution in [1.29, 1.82) is 0 Å². The number of carbonyl (C=O) groups is 1.